The van der Waals surface area contributed by atoms with Crippen LogP contribution < -0.4 is 5.32 Å². The van der Waals surface area contributed by atoms with Gasteiger partial charge in [0.05, 0.1) is 17.6 Å². The third-order valence-corrected chi connectivity index (χ3v) is 4.04. The van der Waals surface area contributed by atoms with E-state index in [0.29, 0.717) is 18.8 Å². The van der Waals surface area contributed by atoms with Crippen LogP contribution in [-0.2, 0) is 19.3 Å². The number of halogens is 3. The van der Waals surface area contributed by atoms with E-state index in [-0.39, 0.29) is 17.6 Å². The van der Waals surface area contributed by atoms with E-state index in [9.17, 15) is 21.6 Å². The lowest BCUT2D eigenvalue weighted by atomic mass is 10.2. The molecule has 0 fully saturated rings. The smallest absolute Gasteiger partial charge is 0.379 e. The van der Waals surface area contributed by atoms with Gasteiger partial charge in [0, 0.05) is 13.2 Å². The van der Waals surface area contributed by atoms with Crippen LogP contribution in [0.4, 0.5) is 13.2 Å². The molecule has 0 aromatic heterocycles. The third kappa shape index (κ3) is 6.14. The summed E-state index contributed by atoms with van der Waals surface area (Å²) in [5, 5.41) is 2.84. The van der Waals surface area contributed by atoms with Gasteiger partial charge in [-0.15, -0.1) is 0 Å². The summed E-state index contributed by atoms with van der Waals surface area (Å²) in [4.78, 5) is 0. The molecule has 0 aliphatic carbocycles. The first-order valence-electron chi connectivity index (χ1n) is 7.26. The van der Waals surface area contributed by atoms with Crippen LogP contribution in [0.1, 0.15) is 19.4 Å². The molecule has 0 amide bonds. The highest BCUT2D eigenvalue weighted by Gasteiger charge is 2.44. The molecule has 24 heavy (non-hydrogen) atoms. The van der Waals surface area contributed by atoms with Crippen LogP contribution in [0.2, 0.25) is 0 Å². The first kappa shape index (κ1) is 20.5. The second-order valence-corrected chi connectivity index (χ2v) is 6.40. The van der Waals surface area contributed by atoms with Crippen molar-refractivity contribution in [1.29, 1.82) is 0 Å². The number of nitrogens with one attached hydrogen (secondary N) is 1. The number of rotatable bonds is 9. The molecule has 0 aliphatic rings. The molecule has 0 spiro atoms. The Morgan fingerprint density at radius 1 is 1.17 bits per heavy atom. The minimum Gasteiger partial charge on any atom is -0.379 e. The maximum atomic E-state index is 12.6. The van der Waals surface area contributed by atoms with E-state index in [2.05, 4.69) is 5.32 Å². The molecule has 0 heterocycles. The van der Waals surface area contributed by atoms with E-state index in [1.165, 1.54) is 12.1 Å². The Labute approximate surface area is 139 Å². The summed E-state index contributed by atoms with van der Waals surface area (Å²) in [6.45, 7) is 4.17. The molecule has 0 atom stereocenters. The molecule has 5 nitrogen and oxygen atoms in total. The highest BCUT2D eigenvalue weighted by molar-refractivity contribution is 7.95. The summed E-state index contributed by atoms with van der Waals surface area (Å²) in [7, 11) is -5.42. The summed E-state index contributed by atoms with van der Waals surface area (Å²) in [5.41, 5.74) is -5.25. The Bertz CT molecular complexity index is 624. The van der Waals surface area contributed by atoms with Gasteiger partial charge in [-0.2, -0.15) is 13.2 Å². The van der Waals surface area contributed by atoms with Gasteiger partial charge >= 0.3 is 5.51 Å². The number of benzene rings is 1. The van der Waals surface area contributed by atoms with Crippen molar-refractivity contribution in [1.82, 2.24) is 5.32 Å². The van der Waals surface area contributed by atoms with Crippen molar-refractivity contribution in [3.63, 3.8) is 0 Å². The topological polar surface area (TPSA) is 64.6 Å². The predicted octanol–water partition coefficient (Wildman–Crippen LogP) is 2.91. The molecule has 0 unspecified atom stereocenters. The first-order chi connectivity index (χ1) is 11.2. The summed E-state index contributed by atoms with van der Waals surface area (Å²) in [5.74, 6) is 0. The van der Waals surface area contributed by atoms with Crippen LogP contribution in [0.5, 0.6) is 0 Å². The number of alkyl halides is 3. The maximum absolute atomic E-state index is 12.6. The second-order valence-electron chi connectivity index (χ2n) is 4.61. The van der Waals surface area contributed by atoms with Gasteiger partial charge in [0.1, 0.15) is 0 Å². The van der Waals surface area contributed by atoms with Crippen LogP contribution in [-0.4, -0.2) is 40.0 Å². The molecule has 0 radical (unpaired) electrons. The molecular weight excluding hydrogens is 347 g/mol. The zero-order valence-electron chi connectivity index (χ0n) is 13.3. The molecule has 0 saturated carbocycles. The number of hydrogen-bond acceptors (Lipinski definition) is 5. The lowest BCUT2D eigenvalue weighted by molar-refractivity contribution is -0.131. The van der Waals surface area contributed by atoms with E-state index in [0.717, 1.165) is 0 Å². The van der Waals surface area contributed by atoms with E-state index in [1.54, 1.807) is 32.0 Å². The average Bonchev–Trinajstić information content (AvgIpc) is 2.51. The second kappa shape index (κ2) is 9.05. The summed E-state index contributed by atoms with van der Waals surface area (Å²) in [6.07, 6.45) is -0.708. The quantitative estimate of drug-likeness (QED) is 0.680. The molecule has 0 bridgehead atoms. The minimum atomic E-state index is -5.42. The van der Waals surface area contributed by atoms with Gasteiger partial charge in [-0.1, -0.05) is 30.3 Å². The zero-order chi connectivity index (χ0) is 18.2. The SMILES string of the molecule is CCOC(CN/C(=C/S(=O)(=O)C(F)(F)F)c1ccccc1)OCC. The van der Waals surface area contributed by atoms with Crippen LogP contribution in [0.25, 0.3) is 5.70 Å². The fourth-order valence-corrected chi connectivity index (χ4v) is 2.45. The molecule has 1 aromatic rings. The van der Waals surface area contributed by atoms with Gasteiger partial charge in [0.2, 0.25) is 0 Å². The monoisotopic (exact) mass is 367 g/mol. The lowest BCUT2D eigenvalue weighted by Crippen LogP contribution is -2.31. The van der Waals surface area contributed by atoms with E-state index < -0.39 is 21.6 Å². The summed E-state index contributed by atoms with van der Waals surface area (Å²) >= 11 is 0. The van der Waals surface area contributed by atoms with Gasteiger partial charge in [-0.25, -0.2) is 8.42 Å². The lowest BCUT2D eigenvalue weighted by Gasteiger charge is -2.20. The number of hydrogen-bond donors (Lipinski definition) is 1. The Balaban J connectivity index is 3.08. The first-order valence-corrected chi connectivity index (χ1v) is 8.81. The van der Waals surface area contributed by atoms with Gasteiger partial charge in [0.15, 0.2) is 6.29 Å². The molecule has 1 aromatic carbocycles. The Kier molecular flexibility index (Phi) is 7.71. The normalized spacial score (nSPS) is 13.3. The molecule has 1 rings (SSSR count). The molecule has 136 valence electrons. The van der Waals surface area contributed by atoms with Crippen LogP contribution in [0.3, 0.4) is 0 Å². The average molecular weight is 367 g/mol. The van der Waals surface area contributed by atoms with Crippen molar-refractivity contribution < 1.29 is 31.1 Å². The fraction of sp³-hybridized carbons (Fsp3) is 0.467. The summed E-state index contributed by atoms with van der Waals surface area (Å²) in [6, 6.07) is 7.85. The highest BCUT2D eigenvalue weighted by atomic mass is 32.2. The molecule has 0 aliphatic heterocycles. The highest BCUT2D eigenvalue weighted by Crippen LogP contribution is 2.27. The third-order valence-electron chi connectivity index (χ3n) is 2.84. The minimum absolute atomic E-state index is 0.00418. The Hall–Kier alpha value is -1.58. The number of ether oxygens (including phenoxy) is 2. The molecule has 1 N–H and O–H groups in total. The van der Waals surface area contributed by atoms with E-state index in [1.807, 2.05) is 0 Å². The van der Waals surface area contributed by atoms with E-state index in [4.69, 9.17) is 9.47 Å². The van der Waals surface area contributed by atoms with Crippen LogP contribution >= 0.6 is 0 Å². The largest absolute Gasteiger partial charge is 0.501 e. The van der Waals surface area contributed by atoms with E-state index >= 15 is 0 Å². The Morgan fingerprint density at radius 2 is 1.71 bits per heavy atom. The van der Waals surface area contributed by atoms with Crippen molar-refractivity contribution in [2.75, 3.05) is 19.8 Å². The maximum Gasteiger partial charge on any atom is 0.501 e. The van der Waals surface area contributed by atoms with Crippen LogP contribution in [0, 0.1) is 0 Å². The fourth-order valence-electron chi connectivity index (χ4n) is 1.78. The standard InChI is InChI=1S/C15H20F3NO4S/c1-3-22-14(23-4-2)10-19-13(12-8-6-5-7-9-12)11-24(20,21)15(16,17)18/h5-9,11,14,19H,3-4,10H2,1-2H3/b13-11+. The zero-order valence-corrected chi connectivity index (χ0v) is 14.2. The number of sulfone groups is 1. The van der Waals surface area contributed by atoms with Crippen molar-refractivity contribution in [2.45, 2.75) is 25.6 Å². The molecule has 9 heteroatoms. The Morgan fingerprint density at radius 3 is 2.17 bits per heavy atom. The van der Waals surface area contributed by atoms with Gasteiger partial charge in [-0.05, 0) is 19.4 Å². The van der Waals surface area contributed by atoms with Gasteiger partial charge in [0.25, 0.3) is 9.84 Å². The predicted molar refractivity (Wildman–Crippen MR) is 84.4 cm³/mol. The van der Waals surface area contributed by atoms with Crippen molar-refractivity contribution in [3.05, 3.63) is 41.3 Å². The van der Waals surface area contributed by atoms with Gasteiger partial charge < -0.3 is 14.8 Å². The van der Waals surface area contributed by atoms with Crippen molar-refractivity contribution >= 4 is 15.5 Å². The molecule has 0 saturated heterocycles. The van der Waals surface area contributed by atoms with Crippen molar-refractivity contribution in [3.8, 4) is 0 Å². The van der Waals surface area contributed by atoms with Gasteiger partial charge in [-0.3, -0.25) is 0 Å². The summed E-state index contributed by atoms with van der Waals surface area (Å²) < 4.78 is 71.3. The molecular formula is C15H20F3NO4S. The van der Waals surface area contributed by atoms with Crippen molar-refractivity contribution in [2.24, 2.45) is 0 Å². The van der Waals surface area contributed by atoms with Crippen LogP contribution in [0.15, 0.2) is 35.7 Å².